The minimum absolute atomic E-state index is 0.119. The Morgan fingerprint density at radius 2 is 2.15 bits per heavy atom. The van der Waals surface area contributed by atoms with Crippen molar-refractivity contribution in [3.05, 3.63) is 0 Å². The van der Waals surface area contributed by atoms with E-state index < -0.39 is 11.6 Å². The molecule has 0 spiro atoms. The fourth-order valence-electron chi connectivity index (χ4n) is 0.778. The first-order valence-corrected chi connectivity index (χ1v) is 4.24. The van der Waals surface area contributed by atoms with Crippen LogP contribution in [0.2, 0.25) is 0 Å². The molecule has 78 valence electrons. The number of aliphatic carboxylic acids is 1. The highest BCUT2D eigenvalue weighted by molar-refractivity contribution is 5.66. The van der Waals surface area contributed by atoms with Crippen molar-refractivity contribution in [1.82, 2.24) is 5.32 Å². The largest absolute Gasteiger partial charge is 0.481 e. The van der Waals surface area contributed by atoms with Crippen molar-refractivity contribution >= 4 is 5.97 Å². The van der Waals surface area contributed by atoms with Gasteiger partial charge in [-0.2, -0.15) is 0 Å². The van der Waals surface area contributed by atoms with Gasteiger partial charge < -0.3 is 20.6 Å². The lowest BCUT2D eigenvalue weighted by Crippen LogP contribution is -2.41. The fraction of sp³-hybridized carbons (Fsp3) is 0.875. The Labute approximate surface area is 77.4 Å². The maximum Gasteiger partial charge on any atom is 0.303 e. The summed E-state index contributed by atoms with van der Waals surface area (Å²) < 4.78 is 0. The standard InChI is InChI=1S/C8H17NO4/c1-8(13,6-10)5-9-4-2-3-7(11)12/h9-10,13H,2-6H2,1H3,(H,11,12). The van der Waals surface area contributed by atoms with Crippen LogP contribution in [-0.2, 0) is 4.79 Å². The van der Waals surface area contributed by atoms with Crippen molar-refractivity contribution in [3.8, 4) is 0 Å². The van der Waals surface area contributed by atoms with Crippen molar-refractivity contribution in [2.45, 2.75) is 25.4 Å². The normalized spacial score (nSPS) is 15.3. The number of aliphatic hydroxyl groups excluding tert-OH is 1. The Bertz CT molecular complexity index is 158. The smallest absolute Gasteiger partial charge is 0.303 e. The molecule has 5 heteroatoms. The van der Waals surface area contributed by atoms with Gasteiger partial charge in [0.1, 0.15) is 0 Å². The zero-order valence-electron chi connectivity index (χ0n) is 7.79. The molecule has 1 atom stereocenters. The zero-order chi connectivity index (χ0) is 10.3. The molecule has 5 nitrogen and oxygen atoms in total. The van der Waals surface area contributed by atoms with E-state index in [9.17, 15) is 9.90 Å². The molecule has 0 aliphatic rings. The molecule has 0 aromatic rings. The summed E-state index contributed by atoms with van der Waals surface area (Å²) in [6, 6.07) is 0. The molecule has 0 aromatic heterocycles. The van der Waals surface area contributed by atoms with Gasteiger partial charge in [0.2, 0.25) is 0 Å². The average molecular weight is 191 g/mol. The minimum atomic E-state index is -1.12. The predicted molar refractivity (Wildman–Crippen MR) is 47.4 cm³/mol. The number of hydrogen-bond donors (Lipinski definition) is 4. The minimum Gasteiger partial charge on any atom is -0.481 e. The number of nitrogens with one attached hydrogen (secondary N) is 1. The van der Waals surface area contributed by atoms with Crippen LogP contribution in [0, 0.1) is 0 Å². The Kier molecular flexibility index (Phi) is 5.61. The second-order valence-corrected chi connectivity index (χ2v) is 3.33. The van der Waals surface area contributed by atoms with Crippen LogP contribution in [0.4, 0.5) is 0 Å². The molecule has 0 bridgehead atoms. The first-order chi connectivity index (χ1) is 5.98. The summed E-state index contributed by atoms with van der Waals surface area (Å²) >= 11 is 0. The lowest BCUT2D eigenvalue weighted by molar-refractivity contribution is -0.137. The third-order valence-corrected chi connectivity index (χ3v) is 1.59. The van der Waals surface area contributed by atoms with Crippen molar-refractivity contribution in [2.24, 2.45) is 0 Å². The van der Waals surface area contributed by atoms with Crippen LogP contribution in [-0.4, -0.2) is 46.6 Å². The third-order valence-electron chi connectivity index (χ3n) is 1.59. The Hall–Kier alpha value is -0.650. The number of carbonyl (C=O) groups is 1. The molecule has 0 rings (SSSR count). The first kappa shape index (κ1) is 12.3. The van der Waals surface area contributed by atoms with Crippen LogP contribution in [0.25, 0.3) is 0 Å². The summed E-state index contributed by atoms with van der Waals surface area (Å²) in [5.41, 5.74) is -1.12. The molecular weight excluding hydrogens is 174 g/mol. The fourth-order valence-corrected chi connectivity index (χ4v) is 0.778. The molecule has 1 unspecified atom stereocenters. The SMILES string of the molecule is CC(O)(CO)CNCCCC(=O)O. The van der Waals surface area contributed by atoms with Gasteiger partial charge in [-0.15, -0.1) is 0 Å². The second-order valence-electron chi connectivity index (χ2n) is 3.33. The molecule has 4 N–H and O–H groups in total. The van der Waals surface area contributed by atoms with Gasteiger partial charge >= 0.3 is 5.97 Å². The topological polar surface area (TPSA) is 89.8 Å². The molecule has 0 aromatic carbocycles. The number of rotatable bonds is 7. The van der Waals surface area contributed by atoms with Crippen LogP contribution >= 0.6 is 0 Å². The highest BCUT2D eigenvalue weighted by atomic mass is 16.4. The molecule has 0 saturated carbocycles. The molecule has 13 heavy (non-hydrogen) atoms. The third kappa shape index (κ3) is 7.70. The quantitative estimate of drug-likeness (QED) is 0.395. The number of aliphatic hydroxyl groups is 2. The van der Waals surface area contributed by atoms with E-state index in [4.69, 9.17) is 10.2 Å². The first-order valence-electron chi connectivity index (χ1n) is 4.24. The maximum absolute atomic E-state index is 10.1. The summed E-state index contributed by atoms with van der Waals surface area (Å²) in [4.78, 5) is 10.1. The monoisotopic (exact) mass is 191 g/mol. The summed E-state index contributed by atoms with van der Waals surface area (Å²) in [7, 11) is 0. The lowest BCUT2D eigenvalue weighted by Gasteiger charge is -2.20. The summed E-state index contributed by atoms with van der Waals surface area (Å²) in [5, 5.41) is 29.1. The molecular formula is C8H17NO4. The number of carboxylic acids is 1. The molecule has 0 heterocycles. The van der Waals surface area contributed by atoms with Gasteiger partial charge in [-0.3, -0.25) is 4.79 Å². The lowest BCUT2D eigenvalue weighted by atomic mass is 10.1. The van der Waals surface area contributed by atoms with E-state index in [2.05, 4.69) is 5.32 Å². The van der Waals surface area contributed by atoms with Gasteiger partial charge in [-0.05, 0) is 19.9 Å². The van der Waals surface area contributed by atoms with Crippen LogP contribution < -0.4 is 5.32 Å². The predicted octanol–water partition coefficient (Wildman–Crippen LogP) is -0.816. The van der Waals surface area contributed by atoms with Crippen LogP contribution in [0.3, 0.4) is 0 Å². The molecule has 0 aliphatic carbocycles. The van der Waals surface area contributed by atoms with E-state index in [1.807, 2.05) is 0 Å². The summed E-state index contributed by atoms with van der Waals surface area (Å²) in [6.45, 7) is 2.00. The van der Waals surface area contributed by atoms with E-state index in [1.54, 1.807) is 0 Å². The maximum atomic E-state index is 10.1. The van der Waals surface area contributed by atoms with Crippen LogP contribution in [0.15, 0.2) is 0 Å². The Balaban J connectivity index is 3.30. The summed E-state index contributed by atoms with van der Waals surface area (Å²) in [6.07, 6.45) is 0.644. The van der Waals surface area contributed by atoms with Gasteiger partial charge in [0.25, 0.3) is 0 Å². The van der Waals surface area contributed by atoms with Crippen molar-refractivity contribution in [1.29, 1.82) is 0 Å². The van der Waals surface area contributed by atoms with E-state index in [0.29, 0.717) is 13.0 Å². The highest BCUT2D eigenvalue weighted by Gasteiger charge is 2.17. The van der Waals surface area contributed by atoms with Gasteiger partial charge in [0, 0.05) is 13.0 Å². The number of carboxylic acid groups (broad SMARTS) is 1. The van der Waals surface area contributed by atoms with Gasteiger partial charge in [0.15, 0.2) is 0 Å². The molecule has 0 amide bonds. The van der Waals surface area contributed by atoms with Gasteiger partial charge in [0.05, 0.1) is 12.2 Å². The van der Waals surface area contributed by atoms with Gasteiger partial charge in [-0.1, -0.05) is 0 Å². The average Bonchev–Trinajstić information content (AvgIpc) is 2.03. The van der Waals surface area contributed by atoms with Crippen molar-refractivity contribution < 1.29 is 20.1 Å². The number of hydrogen-bond acceptors (Lipinski definition) is 4. The highest BCUT2D eigenvalue weighted by Crippen LogP contribution is 1.98. The van der Waals surface area contributed by atoms with Crippen molar-refractivity contribution in [3.63, 3.8) is 0 Å². The summed E-state index contributed by atoms with van der Waals surface area (Å²) in [5.74, 6) is -0.823. The van der Waals surface area contributed by atoms with Crippen LogP contribution in [0.5, 0.6) is 0 Å². The molecule has 0 fully saturated rings. The molecule has 0 aliphatic heterocycles. The second kappa shape index (κ2) is 5.90. The Morgan fingerprint density at radius 3 is 2.62 bits per heavy atom. The van der Waals surface area contributed by atoms with Crippen LogP contribution in [0.1, 0.15) is 19.8 Å². The van der Waals surface area contributed by atoms with Gasteiger partial charge in [-0.25, -0.2) is 0 Å². The van der Waals surface area contributed by atoms with E-state index >= 15 is 0 Å². The molecule has 0 radical (unpaired) electrons. The van der Waals surface area contributed by atoms with E-state index in [-0.39, 0.29) is 19.6 Å². The van der Waals surface area contributed by atoms with Crippen molar-refractivity contribution in [2.75, 3.05) is 19.7 Å². The molecule has 0 saturated heterocycles. The van der Waals surface area contributed by atoms with E-state index in [0.717, 1.165) is 0 Å². The van der Waals surface area contributed by atoms with E-state index in [1.165, 1.54) is 6.92 Å². The Morgan fingerprint density at radius 1 is 1.54 bits per heavy atom. The zero-order valence-corrected chi connectivity index (χ0v) is 7.79.